The molecule has 3 nitrogen and oxygen atoms in total. The lowest BCUT2D eigenvalue weighted by molar-refractivity contribution is 0.177. The molecule has 0 bridgehead atoms. The highest BCUT2D eigenvalue weighted by atomic mass is 32.1. The summed E-state index contributed by atoms with van der Waals surface area (Å²) in [6.07, 6.45) is 4.43. The predicted octanol–water partition coefficient (Wildman–Crippen LogP) is 3.46. The average molecular weight is 301 g/mol. The maximum absolute atomic E-state index is 4.41. The largest absolute Gasteiger partial charge is 0.304 e. The quantitative estimate of drug-likeness (QED) is 0.916. The van der Waals surface area contributed by atoms with Crippen molar-refractivity contribution in [2.45, 2.75) is 38.4 Å². The van der Waals surface area contributed by atoms with Crippen molar-refractivity contribution < 1.29 is 0 Å². The Morgan fingerprint density at radius 1 is 1.38 bits per heavy atom. The molecule has 0 aliphatic carbocycles. The van der Waals surface area contributed by atoms with Crippen molar-refractivity contribution in [3.8, 4) is 0 Å². The van der Waals surface area contributed by atoms with Crippen LogP contribution < -0.4 is 5.32 Å². The van der Waals surface area contributed by atoms with Crippen LogP contribution in [0.15, 0.2) is 41.9 Å². The molecule has 2 heterocycles. The summed E-state index contributed by atoms with van der Waals surface area (Å²) in [5.74, 6) is 0. The van der Waals surface area contributed by atoms with Crippen LogP contribution in [0.4, 0.5) is 0 Å². The summed E-state index contributed by atoms with van der Waals surface area (Å²) in [6, 6.07) is 11.7. The van der Waals surface area contributed by atoms with E-state index in [4.69, 9.17) is 0 Å². The zero-order chi connectivity index (χ0) is 14.5. The molecule has 1 saturated heterocycles. The van der Waals surface area contributed by atoms with Gasteiger partial charge in [-0.05, 0) is 31.9 Å². The standard InChI is InChI=1S/C17H23N3S/c1-14(17-18-9-11-21-17)19-16-8-5-10-20(13-16)12-15-6-3-2-4-7-15/h2-4,6-7,9,11,14,16,19H,5,8,10,12-13H2,1H3. The maximum atomic E-state index is 4.41. The monoisotopic (exact) mass is 301 g/mol. The van der Waals surface area contributed by atoms with E-state index in [2.05, 4.69) is 57.8 Å². The molecule has 2 unspecified atom stereocenters. The molecule has 112 valence electrons. The Balaban J connectivity index is 1.53. The zero-order valence-corrected chi connectivity index (χ0v) is 13.4. The molecule has 1 N–H and O–H groups in total. The van der Waals surface area contributed by atoms with E-state index in [9.17, 15) is 0 Å². The highest BCUT2D eigenvalue weighted by Crippen LogP contribution is 2.19. The molecule has 1 fully saturated rings. The van der Waals surface area contributed by atoms with Crippen molar-refractivity contribution in [2.24, 2.45) is 0 Å². The van der Waals surface area contributed by atoms with E-state index in [0.717, 1.165) is 13.1 Å². The second-order valence-corrected chi connectivity index (χ2v) is 6.74. The van der Waals surface area contributed by atoms with Crippen LogP contribution in [-0.4, -0.2) is 29.0 Å². The third-order valence-corrected chi connectivity index (χ3v) is 5.02. The third-order valence-electron chi connectivity index (χ3n) is 4.06. The van der Waals surface area contributed by atoms with Gasteiger partial charge in [-0.15, -0.1) is 11.3 Å². The second-order valence-electron chi connectivity index (χ2n) is 5.82. The molecule has 1 aromatic heterocycles. The van der Waals surface area contributed by atoms with E-state index in [-0.39, 0.29) is 0 Å². The van der Waals surface area contributed by atoms with Gasteiger partial charge >= 0.3 is 0 Å². The molecule has 0 spiro atoms. The van der Waals surface area contributed by atoms with Crippen molar-refractivity contribution in [1.29, 1.82) is 0 Å². The number of nitrogens with zero attached hydrogens (tertiary/aromatic N) is 2. The minimum Gasteiger partial charge on any atom is -0.304 e. The molecular weight excluding hydrogens is 278 g/mol. The number of piperidine rings is 1. The lowest BCUT2D eigenvalue weighted by Gasteiger charge is -2.34. The molecule has 4 heteroatoms. The minimum absolute atomic E-state index is 0.353. The first-order valence-corrected chi connectivity index (χ1v) is 8.61. The van der Waals surface area contributed by atoms with Crippen LogP contribution in [0.3, 0.4) is 0 Å². The first-order valence-electron chi connectivity index (χ1n) is 7.73. The van der Waals surface area contributed by atoms with Gasteiger partial charge in [0.05, 0.1) is 6.04 Å². The molecule has 1 aromatic carbocycles. The summed E-state index contributed by atoms with van der Waals surface area (Å²) >= 11 is 1.74. The Hall–Kier alpha value is -1.23. The van der Waals surface area contributed by atoms with Crippen molar-refractivity contribution >= 4 is 11.3 Å². The Kier molecular flexibility index (Phi) is 5.01. The van der Waals surface area contributed by atoms with Gasteiger partial charge in [0.15, 0.2) is 0 Å². The summed E-state index contributed by atoms with van der Waals surface area (Å²) in [4.78, 5) is 6.97. The van der Waals surface area contributed by atoms with Crippen LogP contribution >= 0.6 is 11.3 Å². The molecule has 1 aliphatic rings. The number of aromatic nitrogens is 1. The zero-order valence-electron chi connectivity index (χ0n) is 12.5. The first-order chi connectivity index (χ1) is 10.3. The van der Waals surface area contributed by atoms with E-state index >= 15 is 0 Å². The van der Waals surface area contributed by atoms with Crippen LogP contribution in [0, 0.1) is 0 Å². The number of rotatable bonds is 5. The van der Waals surface area contributed by atoms with E-state index < -0.39 is 0 Å². The van der Waals surface area contributed by atoms with Crippen LogP contribution in [0.5, 0.6) is 0 Å². The third kappa shape index (κ3) is 4.13. The molecule has 1 aliphatic heterocycles. The lowest BCUT2D eigenvalue weighted by atomic mass is 10.0. The highest BCUT2D eigenvalue weighted by molar-refractivity contribution is 7.09. The Morgan fingerprint density at radius 2 is 2.24 bits per heavy atom. The van der Waals surface area contributed by atoms with Crippen molar-refractivity contribution in [3.05, 3.63) is 52.5 Å². The Bertz CT molecular complexity index is 526. The number of likely N-dealkylation sites (tertiary alicyclic amines) is 1. The summed E-state index contributed by atoms with van der Waals surface area (Å²) < 4.78 is 0. The van der Waals surface area contributed by atoms with Crippen molar-refractivity contribution in [2.75, 3.05) is 13.1 Å². The van der Waals surface area contributed by atoms with Crippen LogP contribution in [0.1, 0.15) is 36.4 Å². The molecule has 3 rings (SSSR count). The molecule has 0 saturated carbocycles. The highest BCUT2D eigenvalue weighted by Gasteiger charge is 2.22. The number of benzene rings is 1. The van der Waals surface area contributed by atoms with Gasteiger partial charge in [0.25, 0.3) is 0 Å². The first kappa shape index (κ1) is 14.7. The molecule has 2 atom stereocenters. The van der Waals surface area contributed by atoms with Crippen LogP contribution in [0.25, 0.3) is 0 Å². The van der Waals surface area contributed by atoms with E-state index in [1.807, 2.05) is 6.20 Å². The van der Waals surface area contributed by atoms with Crippen LogP contribution in [0.2, 0.25) is 0 Å². The van der Waals surface area contributed by atoms with E-state index in [1.165, 1.54) is 30.0 Å². The predicted molar refractivity (Wildman–Crippen MR) is 88.4 cm³/mol. The van der Waals surface area contributed by atoms with Gasteiger partial charge < -0.3 is 5.32 Å². The normalized spacial score (nSPS) is 21.3. The Labute approximate surface area is 131 Å². The number of hydrogen-bond acceptors (Lipinski definition) is 4. The van der Waals surface area contributed by atoms with Crippen molar-refractivity contribution in [1.82, 2.24) is 15.2 Å². The smallest absolute Gasteiger partial charge is 0.109 e. The summed E-state index contributed by atoms with van der Waals surface area (Å²) in [7, 11) is 0. The fraction of sp³-hybridized carbons (Fsp3) is 0.471. The second kappa shape index (κ2) is 7.16. The van der Waals surface area contributed by atoms with Gasteiger partial charge in [-0.25, -0.2) is 4.98 Å². The van der Waals surface area contributed by atoms with E-state index in [0.29, 0.717) is 12.1 Å². The fourth-order valence-corrected chi connectivity index (χ4v) is 3.70. The summed E-state index contributed by atoms with van der Waals surface area (Å²) in [6.45, 7) is 5.61. The van der Waals surface area contributed by atoms with Gasteiger partial charge in [0.2, 0.25) is 0 Å². The van der Waals surface area contributed by atoms with Gasteiger partial charge in [-0.3, -0.25) is 4.90 Å². The molecule has 21 heavy (non-hydrogen) atoms. The SMILES string of the molecule is CC(NC1CCCN(Cc2ccccc2)C1)c1nccs1. The lowest BCUT2D eigenvalue weighted by Crippen LogP contribution is -2.46. The van der Waals surface area contributed by atoms with Gasteiger partial charge in [-0.1, -0.05) is 30.3 Å². The van der Waals surface area contributed by atoms with Crippen LogP contribution in [-0.2, 0) is 6.54 Å². The number of thiazole rings is 1. The molecule has 0 radical (unpaired) electrons. The molecular formula is C17H23N3S. The molecule has 0 amide bonds. The van der Waals surface area contributed by atoms with Gasteiger partial charge in [0.1, 0.15) is 5.01 Å². The average Bonchev–Trinajstić information content (AvgIpc) is 3.03. The number of nitrogens with one attached hydrogen (secondary N) is 1. The summed E-state index contributed by atoms with van der Waals surface area (Å²) in [5.41, 5.74) is 1.41. The minimum atomic E-state index is 0.353. The maximum Gasteiger partial charge on any atom is 0.109 e. The van der Waals surface area contributed by atoms with E-state index in [1.54, 1.807) is 11.3 Å². The van der Waals surface area contributed by atoms with Crippen molar-refractivity contribution in [3.63, 3.8) is 0 Å². The summed E-state index contributed by atoms with van der Waals surface area (Å²) in [5, 5.41) is 6.98. The van der Waals surface area contributed by atoms with Gasteiger partial charge in [0, 0.05) is 30.7 Å². The fourth-order valence-electron chi connectivity index (χ4n) is 3.05. The Morgan fingerprint density at radius 3 is 3.00 bits per heavy atom. The topological polar surface area (TPSA) is 28.2 Å². The molecule has 2 aromatic rings. The van der Waals surface area contributed by atoms with Gasteiger partial charge in [-0.2, -0.15) is 0 Å². The number of hydrogen-bond donors (Lipinski definition) is 1.